The standard InChI is InChI=1S/C42H59ClN4O9/c1-47(29-12-14-30(15-13-29)56-40(51)42(53,28-10-6-7-11-28)27-8-4-3-5-9-27)20-21-55-41(52)45-34-23-37(54-2)26(22-33(34)43)24-44-25-36(49)31-16-18-35(48)39-32(31)17-19-38(50)46-39/h3-5,8-9,22-23,28-32,35-36,39,44,48-49,53H,6-7,10-21,24-25H2,1-2H3,(H,45,52)(H,46,50)/t29?,30?,31?,32?,35?,36-,39?,42-/m0/s1. The molecule has 1 aliphatic heterocycles. The summed E-state index contributed by atoms with van der Waals surface area (Å²) in [5.74, 6) is -0.251. The molecule has 0 spiro atoms. The average Bonchev–Trinajstić information content (AvgIpc) is 3.75. The van der Waals surface area contributed by atoms with Crippen molar-refractivity contribution in [1.82, 2.24) is 15.5 Å². The van der Waals surface area contributed by atoms with Gasteiger partial charge in [-0.15, -0.1) is 0 Å². The third kappa shape index (κ3) is 9.97. The van der Waals surface area contributed by atoms with Gasteiger partial charge in [0.25, 0.3) is 0 Å². The number of methoxy groups -OCH3 is 1. The van der Waals surface area contributed by atoms with Crippen LogP contribution in [0.25, 0.3) is 0 Å². The molecule has 4 unspecified atom stereocenters. The highest BCUT2D eigenvalue weighted by atomic mass is 35.5. The van der Waals surface area contributed by atoms with Crippen LogP contribution in [0.2, 0.25) is 5.02 Å². The van der Waals surface area contributed by atoms with Crippen molar-refractivity contribution < 1.29 is 43.9 Å². The topological polar surface area (TPSA) is 179 Å². The Hall–Kier alpha value is -3.46. The number of esters is 1. The monoisotopic (exact) mass is 798 g/mol. The number of nitrogens with one attached hydrogen (secondary N) is 3. The number of amides is 2. The smallest absolute Gasteiger partial charge is 0.411 e. The van der Waals surface area contributed by atoms with Crippen molar-refractivity contribution in [3.05, 3.63) is 58.6 Å². The fraction of sp³-hybridized carbons (Fsp3) is 0.643. The van der Waals surface area contributed by atoms with Gasteiger partial charge in [-0.2, -0.15) is 0 Å². The van der Waals surface area contributed by atoms with Gasteiger partial charge in [-0.1, -0.05) is 54.8 Å². The number of ether oxygens (including phenoxy) is 3. The molecule has 14 heteroatoms. The van der Waals surface area contributed by atoms with Crippen LogP contribution in [0.5, 0.6) is 5.75 Å². The van der Waals surface area contributed by atoms with Gasteiger partial charge in [-0.05, 0) is 88.3 Å². The van der Waals surface area contributed by atoms with Crippen LogP contribution in [0, 0.1) is 17.8 Å². The highest BCUT2D eigenvalue weighted by Gasteiger charge is 2.49. The van der Waals surface area contributed by atoms with E-state index in [9.17, 15) is 29.7 Å². The maximum atomic E-state index is 13.5. The van der Waals surface area contributed by atoms with Crippen molar-refractivity contribution in [2.45, 2.75) is 120 Å². The molecule has 3 aliphatic carbocycles. The second kappa shape index (κ2) is 19.3. The van der Waals surface area contributed by atoms with Gasteiger partial charge in [0, 0.05) is 49.6 Å². The number of anilines is 1. The molecule has 6 N–H and O–H groups in total. The molecule has 1 saturated heterocycles. The Morgan fingerprint density at radius 2 is 1.77 bits per heavy atom. The van der Waals surface area contributed by atoms with E-state index in [-0.39, 0.29) is 48.5 Å². The lowest BCUT2D eigenvalue weighted by molar-refractivity contribution is -0.181. The van der Waals surface area contributed by atoms with Crippen LogP contribution in [0.4, 0.5) is 10.5 Å². The van der Waals surface area contributed by atoms with Crippen LogP contribution in [-0.2, 0) is 31.2 Å². The molecule has 1 heterocycles. The predicted molar refractivity (Wildman–Crippen MR) is 211 cm³/mol. The van der Waals surface area contributed by atoms with Gasteiger partial charge in [0.1, 0.15) is 18.5 Å². The lowest BCUT2D eigenvalue weighted by Crippen LogP contribution is -2.58. The Bertz CT molecular complexity index is 1640. The van der Waals surface area contributed by atoms with E-state index in [1.807, 2.05) is 37.4 Å². The molecule has 2 amide bonds. The minimum absolute atomic E-state index is 0.0251. The van der Waals surface area contributed by atoms with Crippen LogP contribution in [-0.4, -0.2) is 102 Å². The molecule has 0 radical (unpaired) electrons. The van der Waals surface area contributed by atoms with Crippen LogP contribution in [0.3, 0.4) is 0 Å². The van der Waals surface area contributed by atoms with Gasteiger partial charge in [0.05, 0.1) is 36.1 Å². The second-order valence-electron chi connectivity index (χ2n) is 16.1. The molecule has 0 aromatic heterocycles. The molecule has 0 bridgehead atoms. The summed E-state index contributed by atoms with van der Waals surface area (Å²) >= 11 is 6.57. The third-order valence-electron chi connectivity index (χ3n) is 12.7. The van der Waals surface area contributed by atoms with Crippen molar-refractivity contribution >= 4 is 35.3 Å². The number of carbonyl (C=O) groups excluding carboxylic acids is 3. The number of halogens is 1. The second-order valence-corrected chi connectivity index (χ2v) is 16.5. The first-order valence-electron chi connectivity index (χ1n) is 20.3. The van der Waals surface area contributed by atoms with Gasteiger partial charge in [-0.3, -0.25) is 10.1 Å². The SMILES string of the molecule is COc1cc(NC(=O)OCCN(C)C2CCC(OC(=O)[C@](O)(c3ccccc3)C3CCCC3)CC2)c(Cl)cc1CNC[C@H](O)C1CCC(O)C2NC(=O)CCC21. The van der Waals surface area contributed by atoms with Crippen molar-refractivity contribution in [3.8, 4) is 5.75 Å². The summed E-state index contributed by atoms with van der Waals surface area (Å²) in [6, 6.07) is 12.5. The molecule has 56 heavy (non-hydrogen) atoms. The summed E-state index contributed by atoms with van der Waals surface area (Å²) in [5.41, 5.74) is 0.0595. The van der Waals surface area contributed by atoms with E-state index in [2.05, 4.69) is 20.9 Å². The number of piperidine rings is 1. The molecule has 308 valence electrons. The Balaban J connectivity index is 0.915. The zero-order valence-corrected chi connectivity index (χ0v) is 33.3. The summed E-state index contributed by atoms with van der Waals surface area (Å²) in [4.78, 5) is 40.4. The number of nitrogens with zero attached hydrogens (tertiary/aromatic N) is 1. The summed E-state index contributed by atoms with van der Waals surface area (Å²) in [6.45, 7) is 1.35. The van der Waals surface area contributed by atoms with Crippen LogP contribution < -0.4 is 20.7 Å². The number of carbonyl (C=O) groups is 3. The van der Waals surface area contributed by atoms with E-state index in [0.29, 0.717) is 80.2 Å². The highest BCUT2D eigenvalue weighted by Crippen LogP contribution is 2.43. The van der Waals surface area contributed by atoms with Gasteiger partial charge in [0.2, 0.25) is 5.91 Å². The number of aliphatic hydroxyl groups excluding tert-OH is 2. The fourth-order valence-electron chi connectivity index (χ4n) is 9.48. The van der Waals surface area contributed by atoms with Crippen LogP contribution >= 0.6 is 11.6 Å². The Morgan fingerprint density at radius 1 is 1.04 bits per heavy atom. The van der Waals surface area contributed by atoms with Crippen molar-refractivity contribution in [1.29, 1.82) is 0 Å². The largest absolute Gasteiger partial charge is 0.496 e. The molecule has 13 nitrogen and oxygen atoms in total. The van der Waals surface area contributed by atoms with E-state index in [0.717, 1.165) is 44.1 Å². The Morgan fingerprint density at radius 3 is 2.48 bits per heavy atom. The number of likely N-dealkylation sites (N-methyl/N-ethyl adjacent to an activating group) is 1. The maximum absolute atomic E-state index is 13.5. The maximum Gasteiger partial charge on any atom is 0.411 e. The van der Waals surface area contributed by atoms with Gasteiger partial charge < -0.3 is 45.1 Å². The van der Waals surface area contributed by atoms with Gasteiger partial charge in [-0.25, -0.2) is 9.59 Å². The van der Waals surface area contributed by atoms with E-state index in [4.69, 9.17) is 25.8 Å². The molecule has 6 rings (SSSR count). The summed E-state index contributed by atoms with van der Waals surface area (Å²) in [7, 11) is 3.52. The van der Waals surface area contributed by atoms with Gasteiger partial charge in [0.15, 0.2) is 5.60 Å². The first kappa shape index (κ1) is 42.2. The first-order valence-corrected chi connectivity index (χ1v) is 20.7. The number of hydrogen-bond donors (Lipinski definition) is 6. The zero-order valence-electron chi connectivity index (χ0n) is 32.6. The minimum atomic E-state index is -1.63. The third-order valence-corrected chi connectivity index (χ3v) is 13.0. The molecule has 2 aromatic carbocycles. The molecule has 3 saturated carbocycles. The number of rotatable bonds is 15. The van der Waals surface area contributed by atoms with Crippen LogP contribution in [0.1, 0.15) is 88.2 Å². The first-order chi connectivity index (χ1) is 27.0. The van der Waals surface area contributed by atoms with E-state index >= 15 is 0 Å². The molecule has 6 atom stereocenters. The number of fused-ring (bicyclic) bond motifs is 1. The quantitative estimate of drug-likeness (QED) is 0.135. The van der Waals surface area contributed by atoms with Crippen molar-refractivity contribution in [3.63, 3.8) is 0 Å². The normalized spacial score (nSPS) is 27.1. The average molecular weight is 799 g/mol. The van der Waals surface area contributed by atoms with Crippen molar-refractivity contribution in [2.24, 2.45) is 17.8 Å². The Labute approximate surface area is 334 Å². The zero-order chi connectivity index (χ0) is 39.8. The summed E-state index contributed by atoms with van der Waals surface area (Å²) < 4.78 is 17.1. The lowest BCUT2D eigenvalue weighted by atomic mass is 9.68. The number of benzene rings is 2. The number of aliphatic hydroxyl groups is 3. The van der Waals surface area contributed by atoms with E-state index in [1.54, 1.807) is 12.1 Å². The lowest BCUT2D eigenvalue weighted by Gasteiger charge is -2.45. The number of hydrogen-bond acceptors (Lipinski definition) is 11. The summed E-state index contributed by atoms with van der Waals surface area (Å²) in [6.07, 6.45) is 6.73. The fourth-order valence-corrected chi connectivity index (χ4v) is 9.71. The highest BCUT2D eigenvalue weighted by molar-refractivity contribution is 6.33. The van der Waals surface area contributed by atoms with Gasteiger partial charge >= 0.3 is 12.1 Å². The Kier molecular flexibility index (Phi) is 14.5. The van der Waals surface area contributed by atoms with Crippen LogP contribution in [0.15, 0.2) is 42.5 Å². The van der Waals surface area contributed by atoms with Crippen molar-refractivity contribution in [2.75, 3.05) is 39.2 Å². The minimum Gasteiger partial charge on any atom is -0.496 e. The molecule has 2 aromatic rings. The summed E-state index contributed by atoms with van der Waals surface area (Å²) in [5, 5.41) is 42.5. The molecular weight excluding hydrogens is 740 g/mol. The predicted octanol–water partition coefficient (Wildman–Crippen LogP) is 4.88. The van der Waals surface area contributed by atoms with E-state index in [1.165, 1.54) is 7.11 Å². The van der Waals surface area contributed by atoms with E-state index < -0.39 is 29.9 Å². The molecule has 4 aliphatic rings. The molecular formula is C42H59ClN4O9. The molecule has 4 fully saturated rings.